The van der Waals surface area contributed by atoms with E-state index in [4.69, 9.17) is 0 Å². The molecule has 0 radical (unpaired) electrons. The van der Waals surface area contributed by atoms with Gasteiger partial charge in [0.2, 0.25) is 0 Å². The van der Waals surface area contributed by atoms with Crippen LogP contribution in [0, 0.1) is 0 Å². The molecule has 3 N–H and O–H groups in total. The second kappa shape index (κ2) is 6.55. The average molecular weight is 296 g/mol. The minimum Gasteiger partial charge on any atom is -0.313 e. The van der Waals surface area contributed by atoms with E-state index in [1.165, 1.54) is 12.5 Å². The third-order valence-corrected chi connectivity index (χ3v) is 4.01. The van der Waals surface area contributed by atoms with Gasteiger partial charge in [0.05, 0.1) is 18.4 Å². The van der Waals surface area contributed by atoms with Crippen LogP contribution in [0.25, 0.3) is 0 Å². The van der Waals surface area contributed by atoms with Crippen molar-refractivity contribution in [3.63, 3.8) is 0 Å². The van der Waals surface area contributed by atoms with Gasteiger partial charge in [0.1, 0.15) is 6.33 Å². The summed E-state index contributed by atoms with van der Waals surface area (Å²) in [5.74, 6) is 0. The molecule has 0 spiro atoms. The molecule has 20 heavy (non-hydrogen) atoms. The molecule has 108 valence electrons. The first-order valence-corrected chi connectivity index (χ1v) is 7.59. The van der Waals surface area contributed by atoms with Gasteiger partial charge in [0, 0.05) is 18.3 Å². The predicted molar refractivity (Wildman–Crippen MR) is 72.0 cm³/mol. The third kappa shape index (κ3) is 3.59. The van der Waals surface area contributed by atoms with Crippen molar-refractivity contribution in [3.8, 4) is 0 Å². The van der Waals surface area contributed by atoms with Crippen LogP contribution < -0.4 is 10.0 Å². The van der Waals surface area contributed by atoms with Crippen LogP contribution in [0.4, 0.5) is 0 Å². The van der Waals surface area contributed by atoms with Gasteiger partial charge in [-0.3, -0.25) is 5.10 Å². The summed E-state index contributed by atoms with van der Waals surface area (Å²) >= 11 is 0. The molecule has 0 aromatic carbocycles. The quantitative estimate of drug-likeness (QED) is 0.651. The van der Waals surface area contributed by atoms with Crippen LogP contribution in [-0.4, -0.2) is 35.1 Å². The molecule has 0 aliphatic rings. The molecule has 0 unspecified atom stereocenters. The molecule has 0 aliphatic heterocycles. The number of rotatable bonds is 7. The van der Waals surface area contributed by atoms with E-state index in [1.54, 1.807) is 12.3 Å². The van der Waals surface area contributed by atoms with Crippen molar-refractivity contribution in [1.29, 1.82) is 0 Å². The zero-order valence-corrected chi connectivity index (χ0v) is 11.8. The van der Waals surface area contributed by atoms with Gasteiger partial charge in [-0.1, -0.05) is 6.92 Å². The van der Waals surface area contributed by atoms with E-state index in [0.717, 1.165) is 6.54 Å². The lowest BCUT2D eigenvalue weighted by Crippen LogP contribution is -2.26. The summed E-state index contributed by atoms with van der Waals surface area (Å²) in [6, 6.07) is 1.65. The first kappa shape index (κ1) is 14.6. The molecule has 2 aromatic heterocycles. The van der Waals surface area contributed by atoms with E-state index in [0.29, 0.717) is 17.8 Å². The standard InChI is InChI=1S/C11H16N6O2S/c1-2-12-5-9-6-15-17-11(9)20(18,19)16-7-10-3-4-13-8-14-10/h3-4,6,8,12,16H,2,5,7H2,1H3,(H,15,17). The van der Waals surface area contributed by atoms with Crippen LogP contribution in [0.15, 0.2) is 29.8 Å². The molecule has 8 nitrogen and oxygen atoms in total. The molecule has 0 bridgehead atoms. The molecule has 9 heteroatoms. The Labute approximate surface area is 117 Å². The van der Waals surface area contributed by atoms with Crippen LogP contribution in [0.2, 0.25) is 0 Å². The van der Waals surface area contributed by atoms with Gasteiger partial charge in [-0.05, 0) is 12.6 Å². The van der Waals surface area contributed by atoms with Gasteiger partial charge < -0.3 is 5.32 Å². The summed E-state index contributed by atoms with van der Waals surface area (Å²) in [6.07, 6.45) is 4.43. The molecule has 0 aliphatic carbocycles. The number of nitrogens with zero attached hydrogens (tertiary/aromatic N) is 3. The Kier molecular flexibility index (Phi) is 4.77. The fourth-order valence-corrected chi connectivity index (χ4v) is 2.71. The third-order valence-electron chi connectivity index (χ3n) is 2.60. The van der Waals surface area contributed by atoms with Crippen molar-refractivity contribution in [1.82, 2.24) is 30.2 Å². The minimum absolute atomic E-state index is 0.0764. The summed E-state index contributed by atoms with van der Waals surface area (Å²) in [4.78, 5) is 7.73. The van der Waals surface area contributed by atoms with Gasteiger partial charge in [-0.25, -0.2) is 23.1 Å². The highest BCUT2D eigenvalue weighted by Gasteiger charge is 2.20. The largest absolute Gasteiger partial charge is 0.313 e. The van der Waals surface area contributed by atoms with E-state index in [9.17, 15) is 8.42 Å². The molecule has 2 rings (SSSR count). The Hall–Kier alpha value is -1.84. The lowest BCUT2D eigenvalue weighted by molar-refractivity contribution is 0.573. The highest BCUT2D eigenvalue weighted by atomic mass is 32.2. The lowest BCUT2D eigenvalue weighted by Gasteiger charge is -2.07. The lowest BCUT2D eigenvalue weighted by atomic mass is 10.3. The van der Waals surface area contributed by atoms with E-state index < -0.39 is 10.0 Å². The zero-order valence-electron chi connectivity index (χ0n) is 11.0. The number of aromatic nitrogens is 4. The summed E-state index contributed by atoms with van der Waals surface area (Å²) in [6.45, 7) is 3.24. The van der Waals surface area contributed by atoms with Gasteiger partial charge in [0.25, 0.3) is 10.0 Å². The summed E-state index contributed by atoms with van der Waals surface area (Å²) in [5, 5.41) is 9.45. The fraction of sp³-hybridized carbons (Fsp3) is 0.364. The first-order valence-electron chi connectivity index (χ1n) is 6.11. The van der Waals surface area contributed by atoms with Crippen LogP contribution in [0.3, 0.4) is 0 Å². The van der Waals surface area contributed by atoms with Crippen molar-refractivity contribution in [2.45, 2.75) is 25.0 Å². The van der Waals surface area contributed by atoms with E-state index in [1.807, 2.05) is 6.92 Å². The Morgan fingerprint density at radius 3 is 2.90 bits per heavy atom. The first-order chi connectivity index (χ1) is 9.63. The van der Waals surface area contributed by atoms with Gasteiger partial charge in [-0.15, -0.1) is 0 Å². The second-order valence-corrected chi connectivity index (χ2v) is 5.73. The molecule has 0 atom stereocenters. The van der Waals surface area contributed by atoms with E-state index in [-0.39, 0.29) is 11.6 Å². The maximum Gasteiger partial charge on any atom is 0.258 e. The molecule has 0 amide bonds. The van der Waals surface area contributed by atoms with Gasteiger partial charge >= 0.3 is 0 Å². The highest BCUT2D eigenvalue weighted by molar-refractivity contribution is 7.89. The molecule has 0 fully saturated rings. The number of hydrogen-bond acceptors (Lipinski definition) is 6. The average Bonchev–Trinajstić information content (AvgIpc) is 2.93. The van der Waals surface area contributed by atoms with Gasteiger partial charge in [-0.2, -0.15) is 5.10 Å². The molecule has 2 aromatic rings. The van der Waals surface area contributed by atoms with Crippen molar-refractivity contribution in [2.24, 2.45) is 0 Å². The molecular formula is C11H16N6O2S. The molecule has 0 saturated carbocycles. The number of hydrogen-bond donors (Lipinski definition) is 3. The summed E-state index contributed by atoms with van der Waals surface area (Å²) in [5.41, 5.74) is 1.19. The van der Waals surface area contributed by atoms with Crippen LogP contribution >= 0.6 is 0 Å². The second-order valence-electron chi connectivity index (χ2n) is 4.03. The minimum atomic E-state index is -3.64. The van der Waals surface area contributed by atoms with Crippen molar-refractivity contribution >= 4 is 10.0 Å². The normalized spacial score (nSPS) is 11.7. The topological polar surface area (TPSA) is 113 Å². The Morgan fingerprint density at radius 1 is 1.35 bits per heavy atom. The van der Waals surface area contributed by atoms with E-state index >= 15 is 0 Å². The Balaban J connectivity index is 2.08. The maximum atomic E-state index is 12.2. The van der Waals surface area contributed by atoms with Crippen molar-refractivity contribution in [2.75, 3.05) is 6.54 Å². The molecule has 2 heterocycles. The number of sulfonamides is 1. The summed E-state index contributed by atoms with van der Waals surface area (Å²) in [7, 11) is -3.64. The number of aromatic amines is 1. The SMILES string of the molecule is CCNCc1cn[nH]c1S(=O)(=O)NCc1ccncn1. The summed E-state index contributed by atoms with van der Waals surface area (Å²) < 4.78 is 26.9. The Morgan fingerprint density at radius 2 is 2.20 bits per heavy atom. The van der Waals surface area contributed by atoms with Crippen molar-refractivity contribution < 1.29 is 8.42 Å². The number of H-pyrrole nitrogens is 1. The predicted octanol–water partition coefficient (Wildman–Crippen LogP) is -0.212. The molecule has 0 saturated heterocycles. The monoisotopic (exact) mass is 296 g/mol. The molecular weight excluding hydrogens is 280 g/mol. The van der Waals surface area contributed by atoms with Crippen molar-refractivity contribution in [3.05, 3.63) is 36.0 Å². The zero-order chi connectivity index (χ0) is 14.4. The van der Waals surface area contributed by atoms with Crippen LogP contribution in [0.1, 0.15) is 18.2 Å². The maximum absolute atomic E-state index is 12.2. The Bertz CT molecular complexity index is 640. The van der Waals surface area contributed by atoms with Crippen LogP contribution in [0.5, 0.6) is 0 Å². The van der Waals surface area contributed by atoms with E-state index in [2.05, 4.69) is 30.2 Å². The fourth-order valence-electron chi connectivity index (χ4n) is 1.58. The van der Waals surface area contributed by atoms with Gasteiger partial charge in [0.15, 0.2) is 5.03 Å². The highest BCUT2D eigenvalue weighted by Crippen LogP contribution is 2.11. The smallest absolute Gasteiger partial charge is 0.258 e. The van der Waals surface area contributed by atoms with Crippen LogP contribution in [-0.2, 0) is 23.1 Å². The number of nitrogens with one attached hydrogen (secondary N) is 3.